The highest BCUT2D eigenvalue weighted by molar-refractivity contribution is 5.46. The number of benzene rings is 3. The molecule has 20 heterocycles. The number of piperidine rings is 3. The minimum Gasteiger partial charge on any atom is -0.378 e. The second-order valence-electron chi connectivity index (χ2n) is 48.3. The summed E-state index contributed by atoms with van der Waals surface area (Å²) < 4.78 is 28.5. The Morgan fingerprint density at radius 2 is 0.651 bits per heavy atom. The van der Waals surface area contributed by atoms with Gasteiger partial charge in [-0.2, -0.15) is 5.10 Å². The molecule has 14 aliphatic heterocycles. The normalized spacial score (nSPS) is 21.1. The Labute approximate surface area is 899 Å². The van der Waals surface area contributed by atoms with Crippen LogP contribution in [0.1, 0.15) is 366 Å². The number of anilines is 1. The van der Waals surface area contributed by atoms with E-state index in [1.165, 1.54) is 230 Å². The molecule has 22 nitrogen and oxygen atoms in total. The third kappa shape index (κ3) is 32.8. The molecule has 0 aliphatic carbocycles. The van der Waals surface area contributed by atoms with E-state index in [-0.39, 0.29) is 0 Å². The van der Waals surface area contributed by atoms with Crippen LogP contribution in [0, 0.1) is 0 Å². The smallest absolute Gasteiger partial charge is 0.0653 e. The topological polar surface area (TPSA) is 161 Å². The van der Waals surface area contributed by atoms with Crippen molar-refractivity contribution in [3.63, 3.8) is 0 Å². The summed E-state index contributed by atoms with van der Waals surface area (Å²) in [6.07, 6.45) is 20.9. The van der Waals surface area contributed by atoms with Gasteiger partial charge in [0.2, 0.25) is 0 Å². The maximum atomic E-state index is 5.29. The fourth-order valence-electron chi connectivity index (χ4n) is 22.5. The number of pyridine rings is 5. The molecule has 23 rings (SSSR count). The summed E-state index contributed by atoms with van der Waals surface area (Å²) in [7, 11) is 8.79. The molecule has 9 aromatic rings. The van der Waals surface area contributed by atoms with Crippen LogP contribution in [0.2, 0.25) is 0 Å². The average molecular weight is 2040 g/mol. The minimum atomic E-state index is 0.504. The highest BCUT2D eigenvalue weighted by atomic mass is 16.5. The van der Waals surface area contributed by atoms with E-state index in [0.717, 1.165) is 162 Å². The minimum absolute atomic E-state index is 0.504. The van der Waals surface area contributed by atoms with Crippen molar-refractivity contribution in [3.05, 3.63) is 265 Å². The largest absolute Gasteiger partial charge is 0.378 e. The third-order valence-electron chi connectivity index (χ3n) is 34.0. The first-order valence-corrected chi connectivity index (χ1v) is 58.2. The van der Waals surface area contributed by atoms with Crippen LogP contribution < -0.4 is 4.90 Å². The zero-order valence-corrected chi connectivity index (χ0v) is 95.9. The Morgan fingerprint density at radius 3 is 1.06 bits per heavy atom. The van der Waals surface area contributed by atoms with Gasteiger partial charge in [0.25, 0.3) is 0 Å². The van der Waals surface area contributed by atoms with Gasteiger partial charge in [-0.25, -0.2) is 0 Å². The first-order chi connectivity index (χ1) is 71.9. The Balaban J connectivity index is 0.000000126. The van der Waals surface area contributed by atoms with Crippen molar-refractivity contribution in [2.75, 3.05) is 204 Å². The van der Waals surface area contributed by atoms with Crippen LogP contribution in [-0.4, -0.2) is 308 Å². The number of likely N-dealkylation sites (N-methyl/N-ethyl adjacent to an activating group) is 1. The number of hydrogen-bond donors (Lipinski definition) is 0. The monoisotopic (exact) mass is 2030 g/mol. The van der Waals surface area contributed by atoms with Crippen molar-refractivity contribution in [1.29, 1.82) is 0 Å². The number of rotatable bonds is 20. The zero-order valence-electron chi connectivity index (χ0n) is 95.9. The molecule has 6 aromatic heterocycles. The maximum Gasteiger partial charge on any atom is 0.0653 e. The highest BCUT2D eigenvalue weighted by Gasteiger charge is 2.37. The molecule has 814 valence electrons. The summed E-state index contributed by atoms with van der Waals surface area (Å²) in [6, 6.07) is 53.9. The van der Waals surface area contributed by atoms with Crippen molar-refractivity contribution in [1.82, 2.24) is 78.8 Å². The van der Waals surface area contributed by atoms with Crippen LogP contribution in [0.4, 0.5) is 5.69 Å². The number of ether oxygens (including phenoxy) is 5. The molecule has 11 saturated heterocycles. The van der Waals surface area contributed by atoms with Crippen LogP contribution >= 0.6 is 0 Å². The molecule has 0 N–H and O–H groups in total. The molecule has 0 saturated carbocycles. The van der Waals surface area contributed by atoms with E-state index in [4.69, 9.17) is 28.7 Å². The van der Waals surface area contributed by atoms with Gasteiger partial charge in [-0.15, -0.1) is 0 Å². The van der Waals surface area contributed by atoms with E-state index in [1.807, 2.05) is 6.20 Å². The quantitative estimate of drug-likeness (QED) is 0.0708. The van der Waals surface area contributed by atoms with Crippen LogP contribution in [-0.2, 0) is 62.7 Å². The second-order valence-corrected chi connectivity index (χ2v) is 48.3. The van der Waals surface area contributed by atoms with Gasteiger partial charge in [0, 0.05) is 150 Å². The molecule has 1 unspecified atom stereocenters. The van der Waals surface area contributed by atoms with Crippen molar-refractivity contribution in [2.45, 2.75) is 328 Å². The Bertz CT molecular complexity index is 5150. The summed E-state index contributed by atoms with van der Waals surface area (Å²) >= 11 is 0. The van der Waals surface area contributed by atoms with E-state index < -0.39 is 0 Å². The number of aromatic nitrogens is 7. The lowest BCUT2D eigenvalue weighted by atomic mass is 9.87. The van der Waals surface area contributed by atoms with E-state index in [1.54, 1.807) is 5.56 Å². The lowest BCUT2D eigenvalue weighted by Crippen LogP contribution is -2.56. The molecule has 149 heavy (non-hydrogen) atoms. The molecule has 0 radical (unpaired) electrons. The first-order valence-electron chi connectivity index (χ1n) is 58.2. The lowest BCUT2D eigenvalue weighted by Gasteiger charge is -2.43. The Morgan fingerprint density at radius 1 is 0.275 bits per heavy atom. The predicted octanol–water partition coefficient (Wildman–Crippen LogP) is 22.7. The zero-order chi connectivity index (χ0) is 105. The SMILES string of the molecule is CC(C)c1cc2n(n1)CCN(C1COC1)C2.CC(C)c1ccc(C2CCCN2C)cn1.CC(C)c1ccc(C2CCN(C)CC2)cn1.CC(C)c1ccc(C2CCN(C)CC2)cn1.CC(C)c1ccc(C2CCN(C3COC3)CC2)cc1.CC(C)c1ccc(C2CN(C)C2)cc1.CC(C)c1ccc(N2CCN(C3COC3)CC2)cn1.CC(C)c1ccc2c(c1)CCN(C1COC1)C2.CC(C)c1ccc2c(n1)CCN(C1COC1)C2. The summed E-state index contributed by atoms with van der Waals surface area (Å²) in [5, 5.41) is 4.65. The van der Waals surface area contributed by atoms with Gasteiger partial charge in [-0.05, 0) is 306 Å². The number of nitrogens with zero attached hydrogens (tertiary/aromatic N) is 17. The molecule has 0 amide bonds. The fourth-order valence-corrected chi connectivity index (χ4v) is 22.5. The van der Waals surface area contributed by atoms with E-state index in [2.05, 4.69) is 384 Å². The molecular weight excluding hydrogens is 1840 g/mol. The van der Waals surface area contributed by atoms with Crippen LogP contribution in [0.15, 0.2) is 158 Å². The van der Waals surface area contributed by atoms with Gasteiger partial charge < -0.3 is 43.3 Å². The van der Waals surface area contributed by atoms with E-state index in [0.29, 0.717) is 89.5 Å². The Kier molecular flexibility index (Phi) is 43.4. The van der Waals surface area contributed by atoms with Gasteiger partial charge >= 0.3 is 0 Å². The molecule has 22 heteroatoms. The van der Waals surface area contributed by atoms with E-state index >= 15 is 0 Å². The highest BCUT2D eigenvalue weighted by Crippen LogP contribution is 2.38. The maximum absolute atomic E-state index is 5.29. The van der Waals surface area contributed by atoms with Gasteiger partial charge in [-0.1, -0.05) is 216 Å². The van der Waals surface area contributed by atoms with Gasteiger partial charge in [0.15, 0.2) is 0 Å². The van der Waals surface area contributed by atoms with Crippen molar-refractivity contribution < 1.29 is 23.7 Å². The second kappa shape index (κ2) is 56.3. The first kappa shape index (κ1) is 115. The standard InChI is InChI=1S/C17H25NO.C15H23N3O.C15H21NO.C14H20N2O.2C14H22N2.C13H20N2.C13H19N.C12H19N3O/c1-13(2)14-3-5-15(6-4-14)16-7-9-18(10-8-16)17-11-19-12-17;1-12(2)15-4-3-13(9-16-15)17-5-7-18(8-6-17)14-10-19-11-14;1-11(2)12-3-4-14-8-16(15-9-17-10-15)6-5-13(14)7-12;1-10(2)13-4-3-11-7-16(12-8-17-9-12)6-5-14(11)15-13;2*1-11(2)14-5-4-13(10-15-14)12-6-8-16(3)9-7-12;1-10(2)12-7-6-11(9-14-12)13-5-4-8-15(13)3;1-10(2)11-4-6-12(7-5-11)13-8-14(3)9-13;1-9(2)12-5-10-6-14(11-7-16-8-11)3-4-15(10)13-12/h3-6,13,16-17H,7-12H2,1-2H3;3-4,9,12,14H,5-8,10-11H2,1-2H3;3-4,7,11,15H,5-6,8-10H2,1-2H3;3-4,10,12H,5-9H2,1-2H3;2*4-5,10-12H,6-9H2,1-3H3;6-7,9-10,13H,4-5,8H2,1-3H3;4-7,10,13H,8-9H2,1-3H3;5,9,11H,3-4,6-8H2,1-2H3. The molecular formula is C127H191N17O5. The predicted molar refractivity (Wildman–Crippen MR) is 612 cm³/mol. The summed E-state index contributed by atoms with van der Waals surface area (Å²) in [5.74, 6) is 8.07. The van der Waals surface area contributed by atoms with Crippen molar-refractivity contribution in [2.24, 2.45) is 0 Å². The van der Waals surface area contributed by atoms with Crippen molar-refractivity contribution in [3.8, 4) is 0 Å². The molecule has 0 spiro atoms. The molecule has 1 atom stereocenters. The summed E-state index contributed by atoms with van der Waals surface area (Å²) in [4.78, 5) is 47.8. The average Bonchev–Trinajstić information content (AvgIpc) is 1.39. The van der Waals surface area contributed by atoms with Crippen LogP contribution in [0.25, 0.3) is 0 Å². The van der Waals surface area contributed by atoms with E-state index in [9.17, 15) is 0 Å². The molecule has 3 aromatic carbocycles. The molecule has 14 aliphatic rings. The van der Waals surface area contributed by atoms with Crippen LogP contribution in [0.5, 0.6) is 0 Å². The molecule has 0 bridgehead atoms. The van der Waals surface area contributed by atoms with Gasteiger partial charge in [-0.3, -0.25) is 59.0 Å². The Hall–Kier alpha value is -8.14. The summed E-state index contributed by atoms with van der Waals surface area (Å²) in [5.41, 5.74) is 27.3. The fraction of sp³-hybridized carbons (Fsp3) is 0.638. The lowest BCUT2D eigenvalue weighted by molar-refractivity contribution is -0.0735. The van der Waals surface area contributed by atoms with Gasteiger partial charge in [0.05, 0.1) is 126 Å². The van der Waals surface area contributed by atoms with Crippen molar-refractivity contribution >= 4 is 5.69 Å². The van der Waals surface area contributed by atoms with Crippen LogP contribution in [0.3, 0.4) is 0 Å². The number of hydrogen-bond acceptors (Lipinski definition) is 21. The number of piperazine rings is 1. The summed E-state index contributed by atoms with van der Waals surface area (Å²) in [6.45, 7) is 72.2. The third-order valence-corrected chi connectivity index (χ3v) is 34.0. The molecule has 11 fully saturated rings. The number of likely N-dealkylation sites (tertiary alicyclic amines) is 5. The van der Waals surface area contributed by atoms with Gasteiger partial charge in [0.1, 0.15) is 0 Å². The number of fused-ring (bicyclic) bond motifs is 3.